The van der Waals surface area contributed by atoms with Crippen LogP contribution in [0.4, 0.5) is 0 Å². The molecule has 0 aromatic rings. The lowest BCUT2D eigenvalue weighted by Gasteiger charge is -2.30. The van der Waals surface area contributed by atoms with E-state index in [9.17, 15) is 0 Å². The molecule has 0 saturated heterocycles. The second-order valence-electron chi connectivity index (χ2n) is 4.11. The molecule has 0 aromatic carbocycles. The minimum Gasteiger partial charge on any atom is -0.396 e. The summed E-state index contributed by atoms with van der Waals surface area (Å²) in [7, 11) is 0. The molecule has 0 unspecified atom stereocenters. The first-order valence-electron chi connectivity index (χ1n) is 5.54. The van der Waals surface area contributed by atoms with Gasteiger partial charge in [0, 0.05) is 31.0 Å². The Bertz CT molecular complexity index is 120. The van der Waals surface area contributed by atoms with Crippen molar-refractivity contribution in [3.63, 3.8) is 0 Å². The Kier molecular flexibility index (Phi) is 8.73. The molecule has 2 nitrogen and oxygen atoms in total. The molecule has 0 radical (unpaired) electrons. The van der Waals surface area contributed by atoms with Gasteiger partial charge in [-0.25, -0.2) is 0 Å². The Balaban J connectivity index is 3.52. The van der Waals surface area contributed by atoms with Crippen LogP contribution >= 0.6 is 11.8 Å². The zero-order valence-electron chi connectivity index (χ0n) is 9.99. The maximum atomic E-state index is 8.63. The van der Waals surface area contributed by atoms with Gasteiger partial charge in [-0.3, -0.25) is 4.90 Å². The summed E-state index contributed by atoms with van der Waals surface area (Å²) in [5.41, 5.74) is 0. The molecule has 0 aromatic heterocycles. The number of hydrogen-bond donors (Lipinski definition) is 1. The van der Waals surface area contributed by atoms with Crippen molar-refractivity contribution in [2.75, 3.05) is 24.7 Å². The van der Waals surface area contributed by atoms with Gasteiger partial charge in [-0.2, -0.15) is 11.8 Å². The third-order valence-corrected chi connectivity index (χ3v) is 3.32. The van der Waals surface area contributed by atoms with E-state index in [0.29, 0.717) is 18.7 Å². The van der Waals surface area contributed by atoms with Crippen molar-refractivity contribution in [3.8, 4) is 0 Å². The predicted octanol–water partition coefficient (Wildman–Crippen LogP) is 2.22. The molecule has 0 fully saturated rings. The molecule has 14 heavy (non-hydrogen) atoms. The van der Waals surface area contributed by atoms with Crippen molar-refractivity contribution < 1.29 is 5.11 Å². The highest BCUT2D eigenvalue weighted by molar-refractivity contribution is 7.99. The molecule has 86 valence electrons. The lowest BCUT2D eigenvalue weighted by molar-refractivity contribution is 0.187. The second-order valence-corrected chi connectivity index (χ2v) is 5.34. The predicted molar refractivity (Wildman–Crippen MR) is 66.0 cm³/mol. The molecule has 0 saturated carbocycles. The Morgan fingerprint density at radius 1 is 1.07 bits per heavy atom. The maximum absolute atomic E-state index is 8.63. The summed E-state index contributed by atoms with van der Waals surface area (Å²) < 4.78 is 0. The highest BCUT2D eigenvalue weighted by Crippen LogP contribution is 2.08. The van der Waals surface area contributed by atoms with Gasteiger partial charge in [0.25, 0.3) is 0 Å². The molecule has 0 aliphatic carbocycles. The summed E-state index contributed by atoms with van der Waals surface area (Å²) in [4.78, 5) is 2.51. The van der Waals surface area contributed by atoms with E-state index in [-0.39, 0.29) is 0 Å². The Morgan fingerprint density at radius 2 is 1.64 bits per heavy atom. The third-order valence-electron chi connectivity index (χ3n) is 2.27. The number of thioether (sulfide) groups is 1. The van der Waals surface area contributed by atoms with E-state index in [0.717, 1.165) is 18.7 Å². The molecular weight excluding hydrogens is 194 g/mol. The van der Waals surface area contributed by atoms with E-state index in [1.165, 1.54) is 5.75 Å². The lowest BCUT2D eigenvalue weighted by Crippen LogP contribution is -2.38. The highest BCUT2D eigenvalue weighted by Gasteiger charge is 2.11. The maximum Gasteiger partial charge on any atom is 0.0438 e. The van der Waals surface area contributed by atoms with Crippen LogP contribution in [0.1, 0.15) is 34.1 Å². The Morgan fingerprint density at radius 3 is 2.07 bits per heavy atom. The third kappa shape index (κ3) is 6.68. The molecule has 0 aliphatic heterocycles. The van der Waals surface area contributed by atoms with Crippen LogP contribution in [0.3, 0.4) is 0 Å². The van der Waals surface area contributed by atoms with Gasteiger partial charge in [0.05, 0.1) is 0 Å². The Hall–Kier alpha value is 0.270. The van der Waals surface area contributed by atoms with Crippen LogP contribution in [0.5, 0.6) is 0 Å². The summed E-state index contributed by atoms with van der Waals surface area (Å²) >= 11 is 1.94. The van der Waals surface area contributed by atoms with Crippen molar-refractivity contribution in [3.05, 3.63) is 0 Å². The summed E-state index contributed by atoms with van der Waals surface area (Å²) in [6.45, 7) is 10.5. The normalized spacial score (nSPS) is 12.0. The quantitative estimate of drug-likeness (QED) is 0.633. The van der Waals surface area contributed by atoms with Crippen molar-refractivity contribution in [1.29, 1.82) is 0 Å². The molecule has 0 rings (SSSR count). The van der Waals surface area contributed by atoms with Crippen LogP contribution < -0.4 is 0 Å². The van der Waals surface area contributed by atoms with Gasteiger partial charge in [-0.15, -0.1) is 0 Å². The highest BCUT2D eigenvalue weighted by atomic mass is 32.2. The molecule has 0 atom stereocenters. The van der Waals surface area contributed by atoms with E-state index in [4.69, 9.17) is 5.11 Å². The molecule has 1 N–H and O–H groups in total. The molecule has 0 heterocycles. The second kappa shape index (κ2) is 8.57. The number of hydrogen-bond acceptors (Lipinski definition) is 3. The van der Waals surface area contributed by atoms with E-state index >= 15 is 0 Å². The minimum absolute atomic E-state index is 0.324. The summed E-state index contributed by atoms with van der Waals surface area (Å²) in [5, 5.41) is 8.63. The van der Waals surface area contributed by atoms with Gasteiger partial charge >= 0.3 is 0 Å². The van der Waals surface area contributed by atoms with Gasteiger partial charge in [-0.1, -0.05) is 0 Å². The van der Waals surface area contributed by atoms with Crippen molar-refractivity contribution in [2.24, 2.45) is 0 Å². The number of aliphatic hydroxyl groups excluding tert-OH is 1. The molecule has 0 spiro atoms. The van der Waals surface area contributed by atoms with Gasteiger partial charge in [0.15, 0.2) is 0 Å². The average molecular weight is 219 g/mol. The molecule has 3 heteroatoms. The summed E-state index contributed by atoms with van der Waals surface area (Å²) in [6, 6.07) is 1.27. The van der Waals surface area contributed by atoms with E-state index in [1.54, 1.807) is 0 Å². The first kappa shape index (κ1) is 14.3. The Labute approximate surface area is 93.1 Å². The van der Waals surface area contributed by atoms with Crippen molar-refractivity contribution >= 4 is 11.8 Å². The lowest BCUT2D eigenvalue weighted by atomic mass is 10.2. The number of aliphatic hydroxyl groups is 1. The largest absolute Gasteiger partial charge is 0.396 e. The van der Waals surface area contributed by atoms with Crippen LogP contribution in [0.15, 0.2) is 0 Å². The van der Waals surface area contributed by atoms with Crippen molar-refractivity contribution in [1.82, 2.24) is 4.90 Å². The molecule has 0 amide bonds. The van der Waals surface area contributed by atoms with E-state index in [1.807, 2.05) is 11.8 Å². The standard InChI is InChI=1S/C11H25NOS/c1-10(2)12(11(3)4)6-9-14-8-5-7-13/h10-11,13H,5-9H2,1-4H3. The van der Waals surface area contributed by atoms with E-state index in [2.05, 4.69) is 32.6 Å². The smallest absolute Gasteiger partial charge is 0.0438 e. The molecular formula is C11H25NOS. The van der Waals surface area contributed by atoms with Gasteiger partial charge in [-0.05, 0) is 39.9 Å². The molecule has 0 bridgehead atoms. The first-order chi connectivity index (χ1) is 6.59. The fourth-order valence-electron chi connectivity index (χ4n) is 1.55. The average Bonchev–Trinajstić information content (AvgIpc) is 2.09. The van der Waals surface area contributed by atoms with Crippen LogP contribution in [-0.4, -0.2) is 46.7 Å². The monoisotopic (exact) mass is 219 g/mol. The van der Waals surface area contributed by atoms with Crippen LogP contribution in [0, 0.1) is 0 Å². The molecule has 0 aliphatic rings. The minimum atomic E-state index is 0.324. The first-order valence-corrected chi connectivity index (χ1v) is 6.69. The summed E-state index contributed by atoms with van der Waals surface area (Å²) in [6.07, 6.45) is 0.925. The fourth-order valence-corrected chi connectivity index (χ4v) is 2.43. The van der Waals surface area contributed by atoms with E-state index < -0.39 is 0 Å². The number of nitrogens with zero attached hydrogens (tertiary/aromatic N) is 1. The van der Waals surface area contributed by atoms with Gasteiger partial charge < -0.3 is 5.11 Å². The van der Waals surface area contributed by atoms with Crippen LogP contribution in [0.2, 0.25) is 0 Å². The number of rotatable bonds is 8. The van der Waals surface area contributed by atoms with Crippen LogP contribution in [0.25, 0.3) is 0 Å². The van der Waals surface area contributed by atoms with Gasteiger partial charge in [0.1, 0.15) is 0 Å². The zero-order chi connectivity index (χ0) is 11.0. The SMILES string of the molecule is CC(C)N(CCSCCCO)C(C)C. The topological polar surface area (TPSA) is 23.5 Å². The summed E-state index contributed by atoms with van der Waals surface area (Å²) in [5.74, 6) is 2.26. The van der Waals surface area contributed by atoms with Gasteiger partial charge in [0.2, 0.25) is 0 Å². The van der Waals surface area contributed by atoms with Crippen molar-refractivity contribution in [2.45, 2.75) is 46.2 Å². The fraction of sp³-hybridized carbons (Fsp3) is 1.00. The zero-order valence-corrected chi connectivity index (χ0v) is 10.8. The van der Waals surface area contributed by atoms with Crippen LogP contribution in [-0.2, 0) is 0 Å².